The molecule has 116 valence electrons. The first kappa shape index (κ1) is 15.4. The average Bonchev–Trinajstić information content (AvgIpc) is 2.47. The third-order valence-electron chi connectivity index (χ3n) is 5.24. The van der Waals surface area contributed by atoms with Crippen molar-refractivity contribution < 1.29 is 4.74 Å². The van der Waals surface area contributed by atoms with Crippen LogP contribution >= 0.6 is 15.9 Å². The molecule has 1 heterocycles. The predicted octanol–water partition coefficient (Wildman–Crippen LogP) is 5.22. The third-order valence-corrected chi connectivity index (χ3v) is 5.73. The maximum Gasteiger partial charge on any atom is 0.126 e. The molecule has 2 aliphatic rings. The summed E-state index contributed by atoms with van der Waals surface area (Å²) in [7, 11) is 0. The monoisotopic (exact) mass is 351 g/mol. The second kappa shape index (κ2) is 6.29. The Morgan fingerprint density at radius 1 is 1.38 bits per heavy atom. The fourth-order valence-electron chi connectivity index (χ4n) is 3.94. The highest BCUT2D eigenvalue weighted by Gasteiger charge is 2.45. The van der Waals surface area contributed by atoms with Crippen LogP contribution in [0.5, 0.6) is 5.75 Å². The second-order valence-electron chi connectivity index (χ2n) is 6.71. The van der Waals surface area contributed by atoms with E-state index in [-0.39, 0.29) is 5.60 Å². The molecular weight excluding hydrogens is 326 g/mol. The van der Waals surface area contributed by atoms with E-state index < -0.39 is 0 Å². The Kier molecular flexibility index (Phi) is 4.60. The van der Waals surface area contributed by atoms with E-state index in [0.29, 0.717) is 12.0 Å². The van der Waals surface area contributed by atoms with E-state index in [1.165, 1.54) is 37.7 Å². The van der Waals surface area contributed by atoms with E-state index in [2.05, 4.69) is 53.3 Å². The van der Waals surface area contributed by atoms with Gasteiger partial charge in [0.25, 0.3) is 0 Å². The quantitative estimate of drug-likeness (QED) is 0.805. The van der Waals surface area contributed by atoms with Crippen molar-refractivity contribution >= 4 is 15.9 Å². The summed E-state index contributed by atoms with van der Waals surface area (Å²) in [6.07, 6.45) is 7.43. The van der Waals surface area contributed by atoms with Crippen molar-refractivity contribution in [3.05, 3.63) is 28.2 Å². The molecule has 0 saturated heterocycles. The summed E-state index contributed by atoms with van der Waals surface area (Å²) in [6.45, 7) is 5.68. The van der Waals surface area contributed by atoms with Gasteiger partial charge in [0, 0.05) is 22.5 Å². The molecule has 3 rings (SSSR count). The van der Waals surface area contributed by atoms with Crippen molar-refractivity contribution in [2.45, 2.75) is 64.0 Å². The van der Waals surface area contributed by atoms with Gasteiger partial charge in [-0.1, -0.05) is 42.3 Å². The van der Waals surface area contributed by atoms with E-state index in [0.717, 1.165) is 23.2 Å². The van der Waals surface area contributed by atoms with Crippen LogP contribution in [-0.2, 0) is 0 Å². The van der Waals surface area contributed by atoms with E-state index >= 15 is 0 Å². The molecule has 1 fully saturated rings. The molecule has 0 aromatic heterocycles. The molecule has 1 saturated carbocycles. The predicted molar refractivity (Wildman–Crippen MR) is 90.8 cm³/mol. The molecule has 0 amide bonds. The van der Waals surface area contributed by atoms with Crippen LogP contribution in [0.2, 0.25) is 0 Å². The maximum atomic E-state index is 6.59. The van der Waals surface area contributed by atoms with Crippen LogP contribution in [0.25, 0.3) is 0 Å². The molecule has 2 nitrogen and oxygen atoms in total. The number of nitrogens with one attached hydrogen (secondary N) is 1. The van der Waals surface area contributed by atoms with E-state index in [4.69, 9.17) is 4.74 Å². The average molecular weight is 352 g/mol. The Morgan fingerprint density at radius 2 is 2.24 bits per heavy atom. The lowest BCUT2D eigenvalue weighted by molar-refractivity contribution is -0.0443. The van der Waals surface area contributed by atoms with E-state index in [1.54, 1.807) is 0 Å². The lowest BCUT2D eigenvalue weighted by atomic mass is 9.70. The minimum atomic E-state index is 0.0391. The van der Waals surface area contributed by atoms with Gasteiger partial charge in [-0.15, -0.1) is 0 Å². The molecule has 1 spiro atoms. The standard InChI is InChI=1S/C18H26BrNO/c1-3-10-20-16-12-18(9-5-4-6-13(18)2)21-17-11-14(19)7-8-15(16)17/h7-8,11,13,16,20H,3-6,9-10,12H2,1-2H3. The van der Waals surface area contributed by atoms with E-state index in [1.807, 2.05) is 0 Å². The van der Waals surface area contributed by atoms with Gasteiger partial charge >= 0.3 is 0 Å². The zero-order chi connectivity index (χ0) is 14.9. The number of rotatable bonds is 3. The number of hydrogen-bond acceptors (Lipinski definition) is 2. The van der Waals surface area contributed by atoms with Crippen LogP contribution in [0.3, 0.4) is 0 Å². The number of halogens is 1. The first-order valence-electron chi connectivity index (χ1n) is 8.36. The van der Waals surface area contributed by atoms with Gasteiger partial charge in [-0.3, -0.25) is 0 Å². The van der Waals surface area contributed by atoms with Gasteiger partial charge in [-0.25, -0.2) is 0 Å². The van der Waals surface area contributed by atoms with Crippen LogP contribution < -0.4 is 10.1 Å². The maximum absolute atomic E-state index is 6.59. The molecule has 3 heteroatoms. The van der Waals surface area contributed by atoms with Gasteiger partial charge in [-0.05, 0) is 50.3 Å². The fourth-order valence-corrected chi connectivity index (χ4v) is 4.28. The zero-order valence-corrected chi connectivity index (χ0v) is 14.7. The second-order valence-corrected chi connectivity index (χ2v) is 7.62. The Hall–Kier alpha value is -0.540. The number of hydrogen-bond donors (Lipinski definition) is 1. The van der Waals surface area contributed by atoms with Gasteiger partial charge in [0.15, 0.2) is 0 Å². The Morgan fingerprint density at radius 3 is 3.00 bits per heavy atom. The summed E-state index contributed by atoms with van der Waals surface area (Å²) in [6, 6.07) is 6.93. The van der Waals surface area contributed by atoms with Crippen molar-refractivity contribution in [1.29, 1.82) is 0 Å². The first-order valence-corrected chi connectivity index (χ1v) is 9.16. The number of fused-ring (bicyclic) bond motifs is 1. The molecule has 1 aromatic carbocycles. The lowest BCUT2D eigenvalue weighted by Crippen LogP contribution is -2.50. The minimum absolute atomic E-state index is 0.0391. The van der Waals surface area contributed by atoms with Gasteiger partial charge in [0.05, 0.1) is 0 Å². The number of ether oxygens (including phenoxy) is 1. The topological polar surface area (TPSA) is 21.3 Å². The molecule has 3 unspecified atom stereocenters. The van der Waals surface area contributed by atoms with Crippen LogP contribution in [-0.4, -0.2) is 12.1 Å². The van der Waals surface area contributed by atoms with Crippen molar-refractivity contribution in [1.82, 2.24) is 5.32 Å². The van der Waals surface area contributed by atoms with Crippen molar-refractivity contribution in [2.75, 3.05) is 6.54 Å². The van der Waals surface area contributed by atoms with Crippen molar-refractivity contribution in [2.24, 2.45) is 5.92 Å². The van der Waals surface area contributed by atoms with Gasteiger partial charge in [0.1, 0.15) is 11.4 Å². The van der Waals surface area contributed by atoms with Crippen LogP contribution in [0, 0.1) is 5.92 Å². The minimum Gasteiger partial charge on any atom is -0.487 e. The Balaban J connectivity index is 1.94. The number of benzene rings is 1. The van der Waals surface area contributed by atoms with Gasteiger partial charge < -0.3 is 10.1 Å². The summed E-state index contributed by atoms with van der Waals surface area (Å²) in [5, 5.41) is 3.74. The zero-order valence-electron chi connectivity index (χ0n) is 13.1. The molecule has 1 aliphatic carbocycles. The fraction of sp³-hybridized carbons (Fsp3) is 0.667. The largest absolute Gasteiger partial charge is 0.487 e. The summed E-state index contributed by atoms with van der Waals surface area (Å²) < 4.78 is 7.70. The molecule has 1 aliphatic heterocycles. The Bertz CT molecular complexity index is 504. The molecule has 3 atom stereocenters. The lowest BCUT2D eigenvalue weighted by Gasteiger charge is -2.48. The molecule has 21 heavy (non-hydrogen) atoms. The van der Waals surface area contributed by atoms with E-state index in [9.17, 15) is 0 Å². The first-order chi connectivity index (χ1) is 10.1. The molecule has 1 N–H and O–H groups in total. The highest BCUT2D eigenvalue weighted by molar-refractivity contribution is 9.10. The van der Waals surface area contributed by atoms with Crippen LogP contribution in [0.4, 0.5) is 0 Å². The molecule has 1 aromatic rings. The smallest absolute Gasteiger partial charge is 0.126 e. The Labute approximate surface area is 136 Å². The van der Waals surface area contributed by atoms with Crippen molar-refractivity contribution in [3.63, 3.8) is 0 Å². The van der Waals surface area contributed by atoms with Crippen LogP contribution in [0.1, 0.15) is 64.0 Å². The van der Waals surface area contributed by atoms with Crippen molar-refractivity contribution in [3.8, 4) is 5.75 Å². The molecule has 0 radical (unpaired) electrons. The normalized spacial score (nSPS) is 31.8. The highest BCUT2D eigenvalue weighted by Crippen LogP contribution is 2.49. The molecule has 0 bridgehead atoms. The summed E-state index contributed by atoms with van der Waals surface area (Å²) in [4.78, 5) is 0. The third kappa shape index (κ3) is 3.00. The van der Waals surface area contributed by atoms with Gasteiger partial charge in [0.2, 0.25) is 0 Å². The SMILES string of the molecule is CCCNC1CC2(CCCCC2C)Oc2cc(Br)ccc21. The summed E-state index contributed by atoms with van der Waals surface area (Å²) in [5.41, 5.74) is 1.37. The van der Waals surface area contributed by atoms with Gasteiger partial charge in [-0.2, -0.15) is 0 Å². The summed E-state index contributed by atoms with van der Waals surface area (Å²) >= 11 is 3.59. The molecular formula is C18H26BrNO. The highest BCUT2D eigenvalue weighted by atomic mass is 79.9. The summed E-state index contributed by atoms with van der Waals surface area (Å²) in [5.74, 6) is 1.72. The van der Waals surface area contributed by atoms with Crippen LogP contribution in [0.15, 0.2) is 22.7 Å².